The summed E-state index contributed by atoms with van der Waals surface area (Å²) in [5.74, 6) is 1.20. The van der Waals surface area contributed by atoms with Gasteiger partial charge in [-0.1, -0.05) is 0 Å². The van der Waals surface area contributed by atoms with Gasteiger partial charge in [-0.05, 0) is 51.9 Å². The van der Waals surface area contributed by atoms with E-state index in [0.29, 0.717) is 23.6 Å². The molecule has 2 aromatic rings. The molecular weight excluding hydrogens is 344 g/mol. The fourth-order valence-electron chi connectivity index (χ4n) is 2.94. The number of aryl methyl sites for hydroxylation is 3. The van der Waals surface area contributed by atoms with Gasteiger partial charge in [-0.3, -0.25) is 9.48 Å². The van der Waals surface area contributed by atoms with Crippen LogP contribution in [-0.4, -0.2) is 42.5 Å². The maximum Gasteiger partial charge on any atom is 0.226 e. The number of carbonyl (C=O) groups excluding carboxylic acids is 1. The molecule has 0 radical (unpaired) electrons. The van der Waals surface area contributed by atoms with Crippen LogP contribution in [0.5, 0.6) is 11.5 Å². The van der Waals surface area contributed by atoms with Crippen LogP contribution in [0, 0.1) is 13.8 Å². The van der Waals surface area contributed by atoms with E-state index in [0.717, 1.165) is 25.2 Å². The van der Waals surface area contributed by atoms with E-state index in [1.165, 1.54) is 5.69 Å². The number of methoxy groups -OCH3 is 2. The van der Waals surface area contributed by atoms with Crippen LogP contribution in [0.15, 0.2) is 24.3 Å². The molecule has 0 saturated carbocycles. The molecule has 7 nitrogen and oxygen atoms in total. The minimum absolute atomic E-state index is 0.0694. The van der Waals surface area contributed by atoms with Gasteiger partial charge >= 0.3 is 0 Å². The van der Waals surface area contributed by atoms with Crippen LogP contribution in [0.1, 0.15) is 31.2 Å². The van der Waals surface area contributed by atoms with Crippen molar-refractivity contribution >= 4 is 11.6 Å². The zero-order chi connectivity index (χ0) is 19.8. The molecule has 7 heteroatoms. The summed E-state index contributed by atoms with van der Waals surface area (Å²) in [6, 6.07) is 7.47. The Morgan fingerprint density at radius 3 is 2.63 bits per heavy atom. The summed E-state index contributed by atoms with van der Waals surface area (Å²) in [7, 11) is 3.16. The number of hydrogen-bond acceptors (Lipinski definition) is 5. The molecule has 0 spiro atoms. The first-order valence-electron chi connectivity index (χ1n) is 9.19. The maximum absolute atomic E-state index is 12.3. The number of anilines is 1. The lowest BCUT2D eigenvalue weighted by molar-refractivity contribution is -0.116. The minimum Gasteiger partial charge on any atom is -0.497 e. The third-order valence-corrected chi connectivity index (χ3v) is 4.32. The molecule has 0 aliphatic carbocycles. The molecule has 27 heavy (non-hydrogen) atoms. The van der Waals surface area contributed by atoms with E-state index in [1.54, 1.807) is 32.4 Å². The Labute approximate surface area is 161 Å². The van der Waals surface area contributed by atoms with Gasteiger partial charge in [0.05, 0.1) is 25.6 Å². The Bertz CT molecular complexity index is 758. The van der Waals surface area contributed by atoms with Gasteiger partial charge in [0.25, 0.3) is 0 Å². The summed E-state index contributed by atoms with van der Waals surface area (Å²) in [6.07, 6.45) is 1.33. The van der Waals surface area contributed by atoms with Crippen molar-refractivity contribution in [2.75, 3.05) is 26.1 Å². The highest BCUT2D eigenvalue weighted by molar-refractivity contribution is 5.92. The average molecular weight is 374 g/mol. The molecule has 2 rings (SSSR count). The number of amides is 1. The Morgan fingerprint density at radius 2 is 2.00 bits per heavy atom. The molecule has 1 unspecified atom stereocenters. The first-order chi connectivity index (χ1) is 12.9. The standard InChI is InChI=1S/C20H30N4O3/c1-14(21-9-6-10-24-16(3)11-15(2)23-24)12-20(25)22-18-13-17(26-4)7-8-19(18)27-5/h7-8,11,13-14,21H,6,9-10,12H2,1-5H3,(H,22,25). The lowest BCUT2D eigenvalue weighted by atomic mass is 10.2. The summed E-state index contributed by atoms with van der Waals surface area (Å²) in [5.41, 5.74) is 2.82. The van der Waals surface area contributed by atoms with Crippen molar-refractivity contribution < 1.29 is 14.3 Å². The molecule has 1 aromatic heterocycles. The van der Waals surface area contributed by atoms with Gasteiger partial charge in [0.15, 0.2) is 0 Å². The summed E-state index contributed by atoms with van der Waals surface area (Å²) >= 11 is 0. The van der Waals surface area contributed by atoms with Crippen LogP contribution in [0.3, 0.4) is 0 Å². The van der Waals surface area contributed by atoms with Crippen LogP contribution in [-0.2, 0) is 11.3 Å². The molecule has 0 aliphatic rings. The monoisotopic (exact) mass is 374 g/mol. The third kappa shape index (κ3) is 6.29. The highest BCUT2D eigenvalue weighted by atomic mass is 16.5. The highest BCUT2D eigenvalue weighted by Crippen LogP contribution is 2.28. The van der Waals surface area contributed by atoms with Gasteiger partial charge in [0.1, 0.15) is 11.5 Å². The van der Waals surface area contributed by atoms with Crippen LogP contribution in [0.25, 0.3) is 0 Å². The first kappa shape index (κ1) is 20.8. The maximum atomic E-state index is 12.3. The molecule has 0 saturated heterocycles. The molecule has 0 fully saturated rings. The fraction of sp³-hybridized carbons (Fsp3) is 0.500. The van der Waals surface area contributed by atoms with Gasteiger partial charge in [-0.15, -0.1) is 0 Å². The van der Waals surface area contributed by atoms with Gasteiger partial charge in [-0.2, -0.15) is 5.10 Å². The lowest BCUT2D eigenvalue weighted by Gasteiger charge is -2.15. The predicted octanol–water partition coefficient (Wildman–Crippen LogP) is 2.91. The van der Waals surface area contributed by atoms with E-state index >= 15 is 0 Å². The second-order valence-corrected chi connectivity index (χ2v) is 6.68. The topological polar surface area (TPSA) is 77.4 Å². The summed E-state index contributed by atoms with van der Waals surface area (Å²) in [6.45, 7) is 7.76. The van der Waals surface area contributed by atoms with Crippen LogP contribution in [0.2, 0.25) is 0 Å². The van der Waals surface area contributed by atoms with E-state index in [4.69, 9.17) is 9.47 Å². The normalized spacial score (nSPS) is 11.9. The molecule has 1 heterocycles. The molecule has 1 amide bonds. The molecular formula is C20H30N4O3. The van der Waals surface area contributed by atoms with Gasteiger partial charge in [0.2, 0.25) is 5.91 Å². The second-order valence-electron chi connectivity index (χ2n) is 6.68. The van der Waals surface area contributed by atoms with Crippen molar-refractivity contribution in [3.05, 3.63) is 35.7 Å². The number of carbonyl (C=O) groups is 1. The van der Waals surface area contributed by atoms with Crippen molar-refractivity contribution in [2.45, 2.75) is 46.2 Å². The molecule has 2 N–H and O–H groups in total. The predicted molar refractivity (Wildman–Crippen MR) is 107 cm³/mol. The molecule has 148 valence electrons. The second kappa shape index (κ2) is 9.97. The van der Waals surface area contributed by atoms with E-state index < -0.39 is 0 Å². The highest BCUT2D eigenvalue weighted by Gasteiger charge is 2.12. The van der Waals surface area contributed by atoms with E-state index in [1.807, 2.05) is 18.5 Å². The quantitative estimate of drug-likeness (QED) is 0.625. The van der Waals surface area contributed by atoms with Crippen molar-refractivity contribution in [2.24, 2.45) is 0 Å². The zero-order valence-corrected chi connectivity index (χ0v) is 16.8. The minimum atomic E-state index is -0.0694. The molecule has 0 bridgehead atoms. The van der Waals surface area contributed by atoms with E-state index in [-0.39, 0.29) is 11.9 Å². The number of aromatic nitrogens is 2. The van der Waals surface area contributed by atoms with E-state index in [9.17, 15) is 4.79 Å². The summed E-state index contributed by atoms with van der Waals surface area (Å²) in [4.78, 5) is 12.3. The van der Waals surface area contributed by atoms with E-state index in [2.05, 4.69) is 28.7 Å². The Balaban J connectivity index is 1.76. The molecule has 1 atom stereocenters. The van der Waals surface area contributed by atoms with Crippen LogP contribution in [0.4, 0.5) is 5.69 Å². The number of nitrogens with one attached hydrogen (secondary N) is 2. The van der Waals surface area contributed by atoms with Crippen molar-refractivity contribution in [3.8, 4) is 11.5 Å². The Kier molecular flexibility index (Phi) is 7.67. The first-order valence-corrected chi connectivity index (χ1v) is 9.19. The summed E-state index contributed by atoms with van der Waals surface area (Å²) in [5, 5.41) is 10.7. The third-order valence-electron chi connectivity index (χ3n) is 4.32. The number of hydrogen-bond donors (Lipinski definition) is 2. The van der Waals surface area contributed by atoms with Crippen molar-refractivity contribution in [1.82, 2.24) is 15.1 Å². The molecule has 0 aliphatic heterocycles. The Hall–Kier alpha value is -2.54. The number of nitrogens with zero attached hydrogens (tertiary/aromatic N) is 2. The summed E-state index contributed by atoms with van der Waals surface area (Å²) < 4.78 is 12.5. The Morgan fingerprint density at radius 1 is 1.22 bits per heavy atom. The number of rotatable bonds is 10. The SMILES string of the molecule is COc1ccc(OC)c(NC(=O)CC(C)NCCCn2nc(C)cc2C)c1. The van der Waals surface area contributed by atoms with Crippen LogP contribution < -0.4 is 20.1 Å². The van der Waals surface area contributed by atoms with Crippen molar-refractivity contribution in [1.29, 1.82) is 0 Å². The lowest BCUT2D eigenvalue weighted by Crippen LogP contribution is -2.31. The number of benzene rings is 1. The smallest absolute Gasteiger partial charge is 0.226 e. The zero-order valence-electron chi connectivity index (χ0n) is 16.8. The average Bonchev–Trinajstić information content (AvgIpc) is 2.95. The van der Waals surface area contributed by atoms with Crippen LogP contribution >= 0.6 is 0 Å². The van der Waals surface area contributed by atoms with Gasteiger partial charge in [-0.25, -0.2) is 0 Å². The number of ether oxygens (including phenoxy) is 2. The van der Waals surface area contributed by atoms with Crippen molar-refractivity contribution in [3.63, 3.8) is 0 Å². The fourth-order valence-corrected chi connectivity index (χ4v) is 2.94. The molecule has 1 aromatic carbocycles. The van der Waals surface area contributed by atoms with Gasteiger partial charge in [0, 0.05) is 30.8 Å². The largest absolute Gasteiger partial charge is 0.497 e. The van der Waals surface area contributed by atoms with Gasteiger partial charge < -0.3 is 20.1 Å².